The highest BCUT2D eigenvalue weighted by molar-refractivity contribution is 7.09. The van der Waals surface area contributed by atoms with Gasteiger partial charge in [-0.3, -0.25) is 4.68 Å². The van der Waals surface area contributed by atoms with E-state index in [1.807, 2.05) is 18.7 Å². The van der Waals surface area contributed by atoms with Crippen LogP contribution < -0.4 is 4.90 Å². The summed E-state index contributed by atoms with van der Waals surface area (Å²) in [7, 11) is 1.98. The smallest absolute Gasteiger partial charge is 0.131 e. The largest absolute Gasteiger partial charge is 0.352 e. The molecule has 2 rings (SSSR count). The van der Waals surface area contributed by atoms with E-state index < -0.39 is 0 Å². The lowest BCUT2D eigenvalue weighted by molar-refractivity contribution is 0.707. The van der Waals surface area contributed by atoms with Crippen LogP contribution in [0.3, 0.4) is 0 Å². The number of thiophene rings is 1. The van der Waals surface area contributed by atoms with Gasteiger partial charge in [-0.05, 0) is 25.3 Å². The Labute approximate surface area is 117 Å². The SMILES string of the molecule is CCN(Cc1cccs1)c1c(CCl)c(C)nn1C. The van der Waals surface area contributed by atoms with Crippen molar-refractivity contribution in [2.45, 2.75) is 26.3 Å². The van der Waals surface area contributed by atoms with Crippen LogP contribution in [-0.4, -0.2) is 16.3 Å². The molecule has 0 bridgehead atoms. The fourth-order valence-electron chi connectivity index (χ4n) is 2.17. The molecule has 5 heteroatoms. The number of aromatic nitrogens is 2. The molecule has 2 aromatic heterocycles. The summed E-state index contributed by atoms with van der Waals surface area (Å²) in [5, 5.41) is 6.59. The van der Waals surface area contributed by atoms with Crippen LogP contribution in [0.2, 0.25) is 0 Å². The van der Waals surface area contributed by atoms with E-state index in [0.717, 1.165) is 30.2 Å². The monoisotopic (exact) mass is 283 g/mol. The first-order chi connectivity index (χ1) is 8.67. The van der Waals surface area contributed by atoms with E-state index in [9.17, 15) is 0 Å². The molecular weight excluding hydrogens is 266 g/mol. The van der Waals surface area contributed by atoms with Gasteiger partial charge in [0.15, 0.2) is 0 Å². The molecule has 98 valence electrons. The summed E-state index contributed by atoms with van der Waals surface area (Å²) in [6.07, 6.45) is 0. The first kappa shape index (κ1) is 13.4. The zero-order valence-electron chi connectivity index (χ0n) is 11.0. The van der Waals surface area contributed by atoms with Gasteiger partial charge in [-0.1, -0.05) is 6.07 Å². The predicted molar refractivity (Wildman–Crippen MR) is 78.5 cm³/mol. The lowest BCUT2D eigenvalue weighted by Crippen LogP contribution is -2.25. The molecule has 0 N–H and O–H groups in total. The second kappa shape index (κ2) is 5.76. The van der Waals surface area contributed by atoms with Gasteiger partial charge >= 0.3 is 0 Å². The van der Waals surface area contributed by atoms with E-state index in [1.165, 1.54) is 4.88 Å². The zero-order chi connectivity index (χ0) is 13.1. The Morgan fingerprint density at radius 3 is 2.83 bits per heavy atom. The molecular formula is C13H18ClN3S. The van der Waals surface area contributed by atoms with Gasteiger partial charge in [0.1, 0.15) is 5.82 Å². The Kier molecular flexibility index (Phi) is 4.30. The summed E-state index contributed by atoms with van der Waals surface area (Å²) >= 11 is 7.84. The van der Waals surface area contributed by atoms with Gasteiger partial charge in [-0.25, -0.2) is 0 Å². The topological polar surface area (TPSA) is 21.1 Å². The molecule has 0 aromatic carbocycles. The third-order valence-electron chi connectivity index (χ3n) is 3.05. The third-order valence-corrected chi connectivity index (χ3v) is 4.18. The maximum absolute atomic E-state index is 6.06. The van der Waals surface area contributed by atoms with Crippen LogP contribution in [0, 0.1) is 6.92 Å². The molecule has 0 unspecified atom stereocenters. The van der Waals surface area contributed by atoms with Crippen molar-refractivity contribution in [2.24, 2.45) is 7.05 Å². The number of hydrogen-bond acceptors (Lipinski definition) is 3. The lowest BCUT2D eigenvalue weighted by atomic mass is 10.2. The molecule has 0 atom stereocenters. The highest BCUT2D eigenvalue weighted by Gasteiger charge is 2.18. The number of aryl methyl sites for hydroxylation is 2. The molecule has 18 heavy (non-hydrogen) atoms. The first-order valence-corrected chi connectivity index (χ1v) is 7.44. The summed E-state index contributed by atoms with van der Waals surface area (Å²) in [5.74, 6) is 1.65. The second-order valence-corrected chi connectivity index (χ2v) is 5.54. The minimum atomic E-state index is 0.510. The minimum Gasteiger partial charge on any atom is -0.352 e. The quantitative estimate of drug-likeness (QED) is 0.783. The average molecular weight is 284 g/mol. The summed E-state index contributed by atoms with van der Waals surface area (Å²) < 4.78 is 1.93. The van der Waals surface area contributed by atoms with Gasteiger partial charge in [0.2, 0.25) is 0 Å². The molecule has 0 fully saturated rings. The third kappa shape index (κ3) is 2.54. The van der Waals surface area contributed by atoms with E-state index in [-0.39, 0.29) is 0 Å². The predicted octanol–water partition coefficient (Wildman–Crippen LogP) is 3.56. The number of hydrogen-bond donors (Lipinski definition) is 0. The first-order valence-electron chi connectivity index (χ1n) is 6.03. The lowest BCUT2D eigenvalue weighted by Gasteiger charge is -2.23. The van der Waals surface area contributed by atoms with Crippen molar-refractivity contribution in [1.29, 1.82) is 0 Å². The molecule has 0 spiro atoms. The Balaban J connectivity index is 2.32. The molecule has 2 heterocycles. The van der Waals surface area contributed by atoms with Crippen molar-refractivity contribution in [3.8, 4) is 0 Å². The van der Waals surface area contributed by atoms with Gasteiger partial charge in [0.05, 0.1) is 18.1 Å². The van der Waals surface area contributed by atoms with Crippen LogP contribution in [0.5, 0.6) is 0 Å². The number of anilines is 1. The molecule has 0 aliphatic carbocycles. The fourth-order valence-corrected chi connectivity index (χ4v) is 3.20. The number of nitrogens with zero attached hydrogens (tertiary/aromatic N) is 3. The average Bonchev–Trinajstić information content (AvgIpc) is 2.94. The minimum absolute atomic E-state index is 0.510. The van der Waals surface area contributed by atoms with Crippen LogP contribution in [-0.2, 0) is 19.5 Å². The van der Waals surface area contributed by atoms with Gasteiger partial charge in [0.25, 0.3) is 0 Å². The summed E-state index contributed by atoms with van der Waals surface area (Å²) in [5.41, 5.74) is 2.16. The van der Waals surface area contributed by atoms with E-state index in [0.29, 0.717) is 5.88 Å². The van der Waals surface area contributed by atoms with E-state index in [4.69, 9.17) is 11.6 Å². The van der Waals surface area contributed by atoms with E-state index in [1.54, 1.807) is 11.3 Å². The van der Waals surface area contributed by atoms with Gasteiger partial charge in [-0.15, -0.1) is 22.9 Å². The summed E-state index contributed by atoms with van der Waals surface area (Å²) in [4.78, 5) is 3.68. The van der Waals surface area contributed by atoms with Crippen molar-refractivity contribution in [3.63, 3.8) is 0 Å². The maximum Gasteiger partial charge on any atom is 0.131 e. The molecule has 0 saturated carbocycles. The maximum atomic E-state index is 6.06. The van der Waals surface area contributed by atoms with Gasteiger partial charge < -0.3 is 4.90 Å². The number of halogens is 1. The molecule has 0 amide bonds. The number of rotatable bonds is 5. The van der Waals surface area contributed by atoms with E-state index >= 15 is 0 Å². The Morgan fingerprint density at radius 2 is 2.28 bits per heavy atom. The Hall–Kier alpha value is -1.00. The fraction of sp³-hybridized carbons (Fsp3) is 0.462. The van der Waals surface area contributed by atoms with Crippen molar-refractivity contribution in [3.05, 3.63) is 33.6 Å². The van der Waals surface area contributed by atoms with Crippen molar-refractivity contribution in [2.75, 3.05) is 11.4 Å². The summed E-state index contributed by atoms with van der Waals surface area (Å²) in [6.45, 7) is 6.03. The van der Waals surface area contributed by atoms with Crippen LogP contribution in [0.1, 0.15) is 23.1 Å². The van der Waals surface area contributed by atoms with Crippen molar-refractivity contribution < 1.29 is 0 Å². The highest BCUT2D eigenvalue weighted by Crippen LogP contribution is 2.26. The van der Waals surface area contributed by atoms with Crippen LogP contribution in [0.25, 0.3) is 0 Å². The normalized spacial score (nSPS) is 10.9. The molecule has 3 nitrogen and oxygen atoms in total. The molecule has 0 aliphatic rings. The van der Waals surface area contributed by atoms with Gasteiger partial charge in [0, 0.05) is 24.0 Å². The van der Waals surface area contributed by atoms with Crippen LogP contribution >= 0.6 is 22.9 Å². The number of alkyl halides is 1. The Bertz CT molecular complexity index is 505. The van der Waals surface area contributed by atoms with Crippen molar-refractivity contribution in [1.82, 2.24) is 9.78 Å². The summed E-state index contributed by atoms with van der Waals surface area (Å²) in [6, 6.07) is 4.25. The standard InChI is InChI=1S/C13H18ClN3S/c1-4-17(9-11-6-5-7-18-11)13-12(8-14)10(2)15-16(13)3/h5-7H,4,8-9H2,1-3H3. The zero-order valence-corrected chi connectivity index (χ0v) is 12.6. The molecule has 0 aliphatic heterocycles. The molecule has 2 aromatic rings. The highest BCUT2D eigenvalue weighted by atomic mass is 35.5. The van der Waals surface area contributed by atoms with Crippen LogP contribution in [0.4, 0.5) is 5.82 Å². The molecule has 0 radical (unpaired) electrons. The van der Waals surface area contributed by atoms with Crippen LogP contribution in [0.15, 0.2) is 17.5 Å². The second-order valence-electron chi connectivity index (χ2n) is 4.24. The Morgan fingerprint density at radius 1 is 1.50 bits per heavy atom. The van der Waals surface area contributed by atoms with E-state index in [2.05, 4.69) is 34.4 Å². The van der Waals surface area contributed by atoms with Crippen molar-refractivity contribution >= 4 is 28.8 Å². The molecule has 0 saturated heterocycles. The van der Waals surface area contributed by atoms with Gasteiger partial charge in [-0.2, -0.15) is 5.10 Å².